The fraction of sp³-hybridized carbons (Fsp3) is 0.0196. The van der Waals surface area contributed by atoms with E-state index in [2.05, 4.69) is 120 Å². The minimum absolute atomic E-state index is 0.428. The summed E-state index contributed by atoms with van der Waals surface area (Å²) in [6.07, 6.45) is 3.73. The lowest BCUT2D eigenvalue weighted by Crippen LogP contribution is -2.25. The maximum Gasteiger partial charge on any atom is 0.164 e. The van der Waals surface area contributed by atoms with Gasteiger partial charge >= 0.3 is 0 Å². The van der Waals surface area contributed by atoms with E-state index in [4.69, 9.17) is 15.0 Å². The quantitative estimate of drug-likeness (QED) is 0.179. The van der Waals surface area contributed by atoms with Gasteiger partial charge in [-0.05, 0) is 91.5 Å². The zero-order valence-electron chi connectivity index (χ0n) is 29.8. The predicted octanol–water partition coefficient (Wildman–Crippen LogP) is 11.9. The van der Waals surface area contributed by atoms with E-state index >= 15 is 0 Å². The second-order valence-corrected chi connectivity index (χ2v) is 14.2. The number of rotatable bonds is 5. The van der Waals surface area contributed by atoms with Crippen LogP contribution in [0.25, 0.3) is 78.7 Å². The van der Waals surface area contributed by atoms with Crippen LogP contribution in [0.15, 0.2) is 194 Å². The molecule has 0 saturated heterocycles. The van der Waals surface area contributed by atoms with Gasteiger partial charge in [-0.3, -0.25) is 4.98 Å². The molecule has 0 aliphatic heterocycles. The molecule has 0 fully saturated rings. The van der Waals surface area contributed by atoms with Crippen molar-refractivity contribution in [1.82, 2.24) is 19.9 Å². The van der Waals surface area contributed by atoms with Crippen molar-refractivity contribution in [2.75, 3.05) is 0 Å². The molecule has 7 aromatic carbocycles. The van der Waals surface area contributed by atoms with Crippen molar-refractivity contribution in [3.8, 4) is 78.7 Å². The summed E-state index contributed by atoms with van der Waals surface area (Å²) >= 11 is 0. The molecule has 0 bridgehead atoms. The fourth-order valence-electron chi connectivity index (χ4n) is 8.84. The van der Waals surface area contributed by atoms with Crippen LogP contribution in [-0.4, -0.2) is 19.9 Å². The van der Waals surface area contributed by atoms with Crippen LogP contribution in [0, 0.1) is 0 Å². The molecule has 9 aromatic rings. The third-order valence-corrected chi connectivity index (χ3v) is 11.2. The van der Waals surface area contributed by atoms with Crippen molar-refractivity contribution >= 4 is 0 Å². The summed E-state index contributed by atoms with van der Waals surface area (Å²) in [6.45, 7) is 0. The summed E-state index contributed by atoms with van der Waals surface area (Å²) in [5.41, 5.74) is 17.1. The highest BCUT2D eigenvalue weighted by molar-refractivity contribution is 5.96. The Morgan fingerprint density at radius 3 is 1.25 bits per heavy atom. The molecule has 2 aliphatic rings. The first-order valence-electron chi connectivity index (χ1n) is 18.6. The van der Waals surface area contributed by atoms with Crippen molar-refractivity contribution in [1.29, 1.82) is 0 Å². The maximum atomic E-state index is 5.12. The summed E-state index contributed by atoms with van der Waals surface area (Å²) in [6, 6.07) is 64.9. The van der Waals surface area contributed by atoms with Crippen LogP contribution in [0.2, 0.25) is 0 Å². The first-order valence-corrected chi connectivity index (χ1v) is 18.6. The number of hydrogen-bond donors (Lipinski definition) is 0. The highest BCUT2D eigenvalue weighted by Crippen LogP contribution is 2.63. The highest BCUT2D eigenvalue weighted by Gasteiger charge is 2.51. The lowest BCUT2D eigenvalue weighted by molar-refractivity contribution is 0.794. The van der Waals surface area contributed by atoms with E-state index in [1.54, 1.807) is 0 Å². The Morgan fingerprint density at radius 1 is 0.291 bits per heavy atom. The zero-order chi connectivity index (χ0) is 36.3. The van der Waals surface area contributed by atoms with Gasteiger partial charge < -0.3 is 0 Å². The van der Waals surface area contributed by atoms with E-state index in [0.29, 0.717) is 17.5 Å². The summed E-state index contributed by atoms with van der Waals surface area (Å²) in [5, 5.41) is 0. The molecule has 2 aliphatic carbocycles. The minimum atomic E-state index is -0.428. The third-order valence-electron chi connectivity index (χ3n) is 11.2. The Bertz CT molecular complexity index is 2800. The normalized spacial score (nSPS) is 12.9. The van der Waals surface area contributed by atoms with Gasteiger partial charge in [-0.25, -0.2) is 15.0 Å². The standard InChI is InChI=1S/C51H32N4/c1-3-14-33(15-4-1)48-53-49(34-16-5-2-6-17-34)55-50(54-48)39-29-37(28-38(30-39)36-18-13-27-52-32-36)35-25-26-43-42-21-9-12-24-46(42)51(47(43)31-35)44-22-10-7-19-40(44)41-20-8-11-23-45(41)51/h1-32H. The van der Waals surface area contributed by atoms with Gasteiger partial charge in [0.1, 0.15) is 0 Å². The van der Waals surface area contributed by atoms with E-state index in [-0.39, 0.29) is 0 Å². The average Bonchev–Trinajstić information content (AvgIpc) is 3.74. The smallest absolute Gasteiger partial charge is 0.164 e. The van der Waals surface area contributed by atoms with Crippen LogP contribution in [-0.2, 0) is 5.41 Å². The van der Waals surface area contributed by atoms with Gasteiger partial charge in [0.05, 0.1) is 5.41 Å². The van der Waals surface area contributed by atoms with Crippen LogP contribution in [0.5, 0.6) is 0 Å². The molecule has 1 spiro atoms. The van der Waals surface area contributed by atoms with E-state index in [1.807, 2.05) is 79.1 Å². The Morgan fingerprint density at radius 2 is 0.727 bits per heavy atom. The molecule has 0 amide bonds. The molecular formula is C51H32N4. The Kier molecular flexibility index (Phi) is 7.04. The first-order chi connectivity index (χ1) is 27.3. The van der Waals surface area contributed by atoms with Gasteiger partial charge in [0, 0.05) is 34.6 Å². The van der Waals surface area contributed by atoms with Gasteiger partial charge in [0.2, 0.25) is 0 Å². The number of benzene rings is 7. The average molecular weight is 701 g/mol. The maximum absolute atomic E-state index is 5.12. The summed E-state index contributed by atoms with van der Waals surface area (Å²) in [5.74, 6) is 1.88. The van der Waals surface area contributed by atoms with E-state index < -0.39 is 5.41 Å². The fourth-order valence-corrected chi connectivity index (χ4v) is 8.84. The molecule has 0 unspecified atom stereocenters. The van der Waals surface area contributed by atoms with Gasteiger partial charge in [-0.1, -0.05) is 152 Å². The molecule has 0 saturated carbocycles. The topological polar surface area (TPSA) is 51.6 Å². The molecule has 11 rings (SSSR count). The van der Waals surface area contributed by atoms with E-state index in [0.717, 1.165) is 38.9 Å². The lowest BCUT2D eigenvalue weighted by atomic mass is 9.70. The van der Waals surface area contributed by atoms with E-state index in [1.165, 1.54) is 44.5 Å². The summed E-state index contributed by atoms with van der Waals surface area (Å²) in [7, 11) is 0. The predicted molar refractivity (Wildman–Crippen MR) is 221 cm³/mol. The van der Waals surface area contributed by atoms with Crippen molar-refractivity contribution in [2.45, 2.75) is 5.41 Å². The van der Waals surface area contributed by atoms with Crippen LogP contribution >= 0.6 is 0 Å². The second-order valence-electron chi connectivity index (χ2n) is 14.2. The summed E-state index contributed by atoms with van der Waals surface area (Å²) in [4.78, 5) is 19.7. The number of aromatic nitrogens is 4. The second kappa shape index (κ2) is 12.4. The monoisotopic (exact) mass is 700 g/mol. The van der Waals surface area contributed by atoms with Crippen molar-refractivity contribution in [3.05, 3.63) is 217 Å². The van der Waals surface area contributed by atoms with Gasteiger partial charge in [0.15, 0.2) is 17.5 Å². The molecule has 0 radical (unpaired) electrons. The van der Waals surface area contributed by atoms with Crippen molar-refractivity contribution in [2.24, 2.45) is 0 Å². The largest absolute Gasteiger partial charge is 0.264 e. The lowest BCUT2D eigenvalue weighted by Gasteiger charge is -2.30. The Balaban J connectivity index is 1.15. The number of fused-ring (bicyclic) bond motifs is 10. The molecule has 55 heavy (non-hydrogen) atoms. The molecule has 2 aromatic heterocycles. The van der Waals surface area contributed by atoms with Gasteiger partial charge in [0.25, 0.3) is 0 Å². The first kappa shape index (κ1) is 31.2. The van der Waals surface area contributed by atoms with Crippen molar-refractivity contribution < 1.29 is 0 Å². The molecular weight excluding hydrogens is 669 g/mol. The number of nitrogens with zero attached hydrogens (tertiary/aromatic N) is 4. The Hall–Kier alpha value is -7.30. The number of hydrogen-bond acceptors (Lipinski definition) is 4. The number of pyridine rings is 1. The Labute approximate surface area is 319 Å². The van der Waals surface area contributed by atoms with Crippen molar-refractivity contribution in [3.63, 3.8) is 0 Å². The van der Waals surface area contributed by atoms with Gasteiger partial charge in [-0.2, -0.15) is 0 Å². The molecule has 2 heterocycles. The van der Waals surface area contributed by atoms with Crippen LogP contribution in [0.3, 0.4) is 0 Å². The molecule has 256 valence electrons. The summed E-state index contributed by atoms with van der Waals surface area (Å²) < 4.78 is 0. The van der Waals surface area contributed by atoms with Crippen LogP contribution in [0.1, 0.15) is 22.3 Å². The molecule has 4 heteroatoms. The molecule has 0 atom stereocenters. The van der Waals surface area contributed by atoms with Crippen LogP contribution in [0.4, 0.5) is 0 Å². The highest BCUT2D eigenvalue weighted by atomic mass is 15.0. The minimum Gasteiger partial charge on any atom is -0.264 e. The van der Waals surface area contributed by atoms with Crippen LogP contribution < -0.4 is 0 Å². The molecule has 4 nitrogen and oxygen atoms in total. The SMILES string of the molecule is c1ccc(-c2nc(-c3ccccc3)nc(-c3cc(-c4cccnc4)cc(-c4ccc5c(c4)C4(c6ccccc6-c6ccccc64)c4ccccc4-5)c3)n2)cc1. The van der Waals surface area contributed by atoms with Gasteiger partial charge in [-0.15, -0.1) is 0 Å². The van der Waals surface area contributed by atoms with E-state index in [9.17, 15) is 0 Å². The zero-order valence-corrected chi connectivity index (χ0v) is 29.8. The third kappa shape index (κ3) is 4.85. The molecule has 0 N–H and O–H groups in total.